The molecular weight excluding hydrogens is 260 g/mol. The smallest absolute Gasteiger partial charge is 0.243 e. The normalized spacial score (nSPS) is 32.1. The van der Waals surface area contributed by atoms with Gasteiger partial charge in [-0.2, -0.15) is 4.98 Å². The lowest BCUT2D eigenvalue weighted by Gasteiger charge is -2.34. The number of aliphatic hydroxyl groups excluding tert-OH is 1. The summed E-state index contributed by atoms with van der Waals surface area (Å²) in [4.78, 5) is 6.79. The topological polar surface area (TPSA) is 83.7 Å². The number of aromatic nitrogens is 2. The molecule has 2 N–H and O–H groups in total. The van der Waals surface area contributed by atoms with Crippen molar-refractivity contribution < 1.29 is 14.4 Å². The summed E-state index contributed by atoms with van der Waals surface area (Å²) in [5, 5.41) is 16.7. The summed E-state index contributed by atoms with van der Waals surface area (Å²) in [6.45, 7) is 7.34. The van der Waals surface area contributed by atoms with Crippen LogP contribution in [-0.2, 0) is 4.74 Å². The van der Waals surface area contributed by atoms with Crippen LogP contribution in [0.2, 0.25) is 0 Å². The van der Waals surface area contributed by atoms with E-state index in [1.165, 1.54) is 0 Å². The SMILES string of the molecule is CC(C)N1CCOC(c2noc([C@@H]3CC(O)CN3)n2)C1. The lowest BCUT2D eigenvalue weighted by atomic mass is 10.2. The molecule has 2 unspecified atom stereocenters. The highest BCUT2D eigenvalue weighted by Gasteiger charge is 2.31. The zero-order chi connectivity index (χ0) is 14.1. The zero-order valence-corrected chi connectivity index (χ0v) is 12.0. The predicted molar refractivity (Wildman–Crippen MR) is 71.1 cm³/mol. The molecule has 0 spiro atoms. The minimum atomic E-state index is -0.335. The molecule has 7 heteroatoms. The third-order valence-corrected chi connectivity index (χ3v) is 3.98. The number of hydrogen-bond acceptors (Lipinski definition) is 7. The van der Waals surface area contributed by atoms with Gasteiger partial charge in [-0.05, 0) is 20.3 Å². The molecule has 0 amide bonds. The molecule has 0 radical (unpaired) electrons. The highest BCUT2D eigenvalue weighted by molar-refractivity contribution is 5.00. The predicted octanol–water partition coefficient (Wildman–Crippen LogP) is 0.247. The molecule has 2 aliphatic heterocycles. The van der Waals surface area contributed by atoms with Gasteiger partial charge in [-0.15, -0.1) is 0 Å². The van der Waals surface area contributed by atoms with E-state index in [0.29, 0.717) is 37.3 Å². The fourth-order valence-electron chi connectivity index (χ4n) is 2.72. The van der Waals surface area contributed by atoms with Crippen molar-refractivity contribution in [3.05, 3.63) is 11.7 Å². The Hall–Kier alpha value is -1.02. The van der Waals surface area contributed by atoms with Gasteiger partial charge >= 0.3 is 0 Å². The molecule has 0 aromatic carbocycles. The zero-order valence-electron chi connectivity index (χ0n) is 12.0. The average Bonchev–Trinajstić information content (AvgIpc) is 3.07. The van der Waals surface area contributed by atoms with Crippen molar-refractivity contribution in [2.45, 2.75) is 44.6 Å². The van der Waals surface area contributed by atoms with Crippen molar-refractivity contribution in [3.8, 4) is 0 Å². The Morgan fingerprint density at radius 3 is 3.00 bits per heavy atom. The van der Waals surface area contributed by atoms with E-state index in [2.05, 4.69) is 34.2 Å². The summed E-state index contributed by atoms with van der Waals surface area (Å²) in [5.74, 6) is 1.15. The van der Waals surface area contributed by atoms with E-state index in [4.69, 9.17) is 9.26 Å². The molecule has 0 bridgehead atoms. The van der Waals surface area contributed by atoms with Crippen LogP contribution in [0.3, 0.4) is 0 Å². The van der Waals surface area contributed by atoms with Crippen molar-refractivity contribution in [2.24, 2.45) is 0 Å². The summed E-state index contributed by atoms with van der Waals surface area (Å²) in [6.07, 6.45) is 0.151. The van der Waals surface area contributed by atoms with Crippen LogP contribution in [0, 0.1) is 0 Å². The third kappa shape index (κ3) is 2.85. The lowest BCUT2D eigenvalue weighted by Crippen LogP contribution is -2.42. The van der Waals surface area contributed by atoms with Gasteiger partial charge in [0.25, 0.3) is 0 Å². The Kier molecular flexibility index (Phi) is 4.02. The van der Waals surface area contributed by atoms with Gasteiger partial charge < -0.3 is 19.7 Å². The number of rotatable bonds is 3. The summed E-state index contributed by atoms with van der Waals surface area (Å²) >= 11 is 0. The Morgan fingerprint density at radius 1 is 1.45 bits per heavy atom. The molecule has 7 nitrogen and oxygen atoms in total. The second kappa shape index (κ2) is 5.77. The van der Waals surface area contributed by atoms with Crippen LogP contribution in [0.4, 0.5) is 0 Å². The fourth-order valence-corrected chi connectivity index (χ4v) is 2.72. The number of aliphatic hydroxyl groups is 1. The van der Waals surface area contributed by atoms with Crippen molar-refractivity contribution >= 4 is 0 Å². The highest BCUT2D eigenvalue weighted by Crippen LogP contribution is 2.25. The standard InChI is InChI=1S/C13H22N4O3/c1-8(2)17-3-4-19-11(7-17)12-15-13(20-16-12)10-5-9(18)6-14-10/h8-11,14,18H,3-7H2,1-2H3/t9?,10-,11?/m0/s1. The molecule has 0 saturated carbocycles. The summed E-state index contributed by atoms with van der Waals surface area (Å²) in [5.41, 5.74) is 0. The largest absolute Gasteiger partial charge is 0.392 e. The molecule has 0 aliphatic carbocycles. The number of nitrogens with one attached hydrogen (secondary N) is 1. The van der Waals surface area contributed by atoms with E-state index in [-0.39, 0.29) is 18.2 Å². The van der Waals surface area contributed by atoms with Crippen molar-refractivity contribution in [1.29, 1.82) is 0 Å². The van der Waals surface area contributed by atoms with Gasteiger partial charge in [-0.25, -0.2) is 0 Å². The molecule has 20 heavy (non-hydrogen) atoms. The first kappa shape index (κ1) is 13.9. The van der Waals surface area contributed by atoms with Crippen molar-refractivity contribution in [2.75, 3.05) is 26.2 Å². The van der Waals surface area contributed by atoms with Gasteiger partial charge in [-0.1, -0.05) is 5.16 Å². The molecule has 112 valence electrons. The van der Waals surface area contributed by atoms with E-state index in [1.807, 2.05) is 0 Å². The monoisotopic (exact) mass is 282 g/mol. The Labute approximate surface area is 118 Å². The lowest BCUT2D eigenvalue weighted by molar-refractivity contribution is -0.0450. The molecule has 2 aliphatic rings. The van der Waals surface area contributed by atoms with Crippen LogP contribution in [0.15, 0.2) is 4.52 Å². The van der Waals surface area contributed by atoms with E-state index >= 15 is 0 Å². The van der Waals surface area contributed by atoms with Crippen LogP contribution in [0.5, 0.6) is 0 Å². The summed E-state index contributed by atoms with van der Waals surface area (Å²) in [7, 11) is 0. The van der Waals surface area contributed by atoms with Crippen LogP contribution in [0.1, 0.15) is 44.1 Å². The van der Waals surface area contributed by atoms with E-state index in [1.54, 1.807) is 0 Å². The molecule has 2 saturated heterocycles. The summed E-state index contributed by atoms with van der Waals surface area (Å²) in [6, 6.07) is 0.440. The number of nitrogens with zero attached hydrogens (tertiary/aromatic N) is 3. The molecule has 2 fully saturated rings. The van der Waals surface area contributed by atoms with E-state index < -0.39 is 0 Å². The first-order valence-corrected chi connectivity index (χ1v) is 7.24. The first-order valence-electron chi connectivity index (χ1n) is 7.24. The second-order valence-corrected chi connectivity index (χ2v) is 5.79. The van der Waals surface area contributed by atoms with Gasteiger partial charge in [-0.3, -0.25) is 4.90 Å². The highest BCUT2D eigenvalue weighted by atomic mass is 16.5. The minimum absolute atomic E-state index is 0.0453. The van der Waals surface area contributed by atoms with Crippen molar-refractivity contribution in [1.82, 2.24) is 20.4 Å². The first-order chi connectivity index (χ1) is 9.63. The van der Waals surface area contributed by atoms with Gasteiger partial charge in [0.05, 0.1) is 18.8 Å². The molecule has 3 atom stereocenters. The van der Waals surface area contributed by atoms with E-state index in [9.17, 15) is 5.11 Å². The third-order valence-electron chi connectivity index (χ3n) is 3.98. The maximum Gasteiger partial charge on any atom is 0.243 e. The Morgan fingerprint density at radius 2 is 2.30 bits per heavy atom. The summed E-state index contributed by atoms with van der Waals surface area (Å²) < 4.78 is 11.1. The van der Waals surface area contributed by atoms with Crippen LogP contribution in [-0.4, -0.2) is 58.5 Å². The van der Waals surface area contributed by atoms with Gasteiger partial charge in [0.1, 0.15) is 6.10 Å². The fraction of sp³-hybridized carbons (Fsp3) is 0.846. The van der Waals surface area contributed by atoms with Gasteiger partial charge in [0, 0.05) is 25.7 Å². The molecular formula is C13H22N4O3. The Bertz CT molecular complexity index is 451. The molecule has 1 aromatic rings. The van der Waals surface area contributed by atoms with Crippen LogP contribution >= 0.6 is 0 Å². The van der Waals surface area contributed by atoms with Gasteiger partial charge in [0.15, 0.2) is 0 Å². The maximum absolute atomic E-state index is 9.53. The number of β-amino-alcohol motifs (C(OH)–C–C–N with tert-alkyl or cyclic N) is 1. The Balaban J connectivity index is 1.67. The van der Waals surface area contributed by atoms with Crippen molar-refractivity contribution in [3.63, 3.8) is 0 Å². The number of ether oxygens (including phenoxy) is 1. The second-order valence-electron chi connectivity index (χ2n) is 5.79. The van der Waals surface area contributed by atoms with E-state index in [0.717, 1.165) is 13.1 Å². The molecule has 3 heterocycles. The van der Waals surface area contributed by atoms with Crippen LogP contribution < -0.4 is 5.32 Å². The average molecular weight is 282 g/mol. The molecule has 1 aromatic heterocycles. The minimum Gasteiger partial charge on any atom is -0.392 e. The van der Waals surface area contributed by atoms with Crippen LogP contribution in [0.25, 0.3) is 0 Å². The number of hydrogen-bond donors (Lipinski definition) is 2. The quantitative estimate of drug-likeness (QED) is 0.822. The molecule has 3 rings (SSSR count). The maximum atomic E-state index is 9.53. The van der Waals surface area contributed by atoms with Gasteiger partial charge in [0.2, 0.25) is 11.7 Å². The number of morpholine rings is 1.